The number of hydrogen-bond donors (Lipinski definition) is 0. The second-order valence-electron chi connectivity index (χ2n) is 5.79. The molecule has 2 aromatic rings. The van der Waals surface area contributed by atoms with Crippen LogP contribution >= 0.6 is 0 Å². The smallest absolute Gasteiger partial charge is 0.147 e. The van der Waals surface area contributed by atoms with Crippen LogP contribution < -0.4 is 0 Å². The number of hydrogen-bond acceptors (Lipinski definition) is 4. The van der Waals surface area contributed by atoms with Crippen molar-refractivity contribution in [2.45, 2.75) is 45.7 Å². The fraction of sp³-hybridized carbons (Fsp3) is 0.562. The lowest BCUT2D eigenvalue weighted by atomic mass is 10.2. The van der Waals surface area contributed by atoms with Crippen molar-refractivity contribution in [1.82, 2.24) is 24.6 Å². The molecule has 0 spiro atoms. The summed E-state index contributed by atoms with van der Waals surface area (Å²) < 4.78 is 2.05. The molecular formula is C16H23N5. The second-order valence-corrected chi connectivity index (χ2v) is 5.79. The van der Waals surface area contributed by atoms with Gasteiger partial charge < -0.3 is 0 Å². The molecule has 0 unspecified atom stereocenters. The van der Waals surface area contributed by atoms with Crippen molar-refractivity contribution >= 4 is 0 Å². The first-order chi connectivity index (χ1) is 10.2. The summed E-state index contributed by atoms with van der Waals surface area (Å²) in [5, 5.41) is 4.49. The standard InChI is InChI=1S/C16H23N5/c1-13-18-14(2)21(19-13)12-16-7-5-10-20(16)11-8-15-6-3-4-9-17-15/h3-4,6,9,16H,5,7-8,10-12H2,1-2H3/t16-/m0/s1. The minimum absolute atomic E-state index is 0.577. The molecule has 0 N–H and O–H groups in total. The third-order valence-corrected chi connectivity index (χ3v) is 4.23. The highest BCUT2D eigenvalue weighted by Gasteiger charge is 2.25. The van der Waals surface area contributed by atoms with Gasteiger partial charge in [0.25, 0.3) is 0 Å². The Labute approximate surface area is 126 Å². The molecule has 21 heavy (non-hydrogen) atoms. The van der Waals surface area contributed by atoms with Crippen LogP contribution in [0.3, 0.4) is 0 Å². The van der Waals surface area contributed by atoms with Crippen LogP contribution in [0.1, 0.15) is 30.2 Å². The molecule has 1 aliphatic rings. The molecule has 0 aromatic carbocycles. The Morgan fingerprint density at radius 2 is 2.19 bits per heavy atom. The van der Waals surface area contributed by atoms with Crippen molar-refractivity contribution in [3.8, 4) is 0 Å². The van der Waals surface area contributed by atoms with Crippen LogP contribution in [0.4, 0.5) is 0 Å². The second kappa shape index (κ2) is 6.35. The zero-order valence-corrected chi connectivity index (χ0v) is 12.9. The first-order valence-corrected chi connectivity index (χ1v) is 7.74. The molecule has 0 amide bonds. The van der Waals surface area contributed by atoms with Gasteiger partial charge in [0.05, 0.1) is 6.54 Å². The molecule has 0 saturated carbocycles. The Hall–Kier alpha value is -1.75. The maximum Gasteiger partial charge on any atom is 0.147 e. The van der Waals surface area contributed by atoms with E-state index >= 15 is 0 Å². The van der Waals surface area contributed by atoms with E-state index in [1.165, 1.54) is 25.1 Å². The van der Waals surface area contributed by atoms with E-state index in [1.54, 1.807) is 0 Å². The summed E-state index contributed by atoms with van der Waals surface area (Å²) in [6.45, 7) is 7.21. The average molecular weight is 285 g/mol. The minimum atomic E-state index is 0.577. The number of aryl methyl sites for hydroxylation is 2. The van der Waals surface area contributed by atoms with Gasteiger partial charge in [0, 0.05) is 30.9 Å². The van der Waals surface area contributed by atoms with Crippen LogP contribution in [0.5, 0.6) is 0 Å². The lowest BCUT2D eigenvalue weighted by Crippen LogP contribution is -2.35. The van der Waals surface area contributed by atoms with Crippen molar-refractivity contribution in [3.05, 3.63) is 41.7 Å². The normalized spacial score (nSPS) is 19.2. The number of aromatic nitrogens is 4. The van der Waals surface area contributed by atoms with Gasteiger partial charge in [-0.2, -0.15) is 5.10 Å². The van der Waals surface area contributed by atoms with Gasteiger partial charge in [-0.25, -0.2) is 9.67 Å². The van der Waals surface area contributed by atoms with Gasteiger partial charge in [0.2, 0.25) is 0 Å². The Kier molecular flexibility index (Phi) is 4.29. The lowest BCUT2D eigenvalue weighted by Gasteiger charge is -2.24. The number of pyridine rings is 1. The number of likely N-dealkylation sites (tertiary alicyclic amines) is 1. The van der Waals surface area contributed by atoms with Crippen LogP contribution in [-0.2, 0) is 13.0 Å². The quantitative estimate of drug-likeness (QED) is 0.843. The molecule has 0 radical (unpaired) electrons. The monoisotopic (exact) mass is 285 g/mol. The molecule has 3 heterocycles. The fourth-order valence-electron chi connectivity index (χ4n) is 3.13. The summed E-state index contributed by atoms with van der Waals surface area (Å²) in [5.74, 6) is 1.88. The summed E-state index contributed by atoms with van der Waals surface area (Å²) in [5.41, 5.74) is 1.18. The largest absolute Gasteiger partial charge is 0.298 e. The van der Waals surface area contributed by atoms with Crippen LogP contribution in [0.2, 0.25) is 0 Å². The van der Waals surface area contributed by atoms with E-state index in [9.17, 15) is 0 Å². The third-order valence-electron chi connectivity index (χ3n) is 4.23. The molecule has 5 heteroatoms. The van der Waals surface area contributed by atoms with Crippen molar-refractivity contribution in [2.24, 2.45) is 0 Å². The molecular weight excluding hydrogens is 262 g/mol. The van der Waals surface area contributed by atoms with E-state index in [4.69, 9.17) is 0 Å². The predicted molar refractivity (Wildman–Crippen MR) is 82.0 cm³/mol. The molecule has 1 fully saturated rings. The molecule has 1 saturated heterocycles. The summed E-state index contributed by atoms with van der Waals surface area (Å²) >= 11 is 0. The van der Waals surface area contributed by atoms with Gasteiger partial charge in [-0.15, -0.1) is 0 Å². The van der Waals surface area contributed by atoms with Crippen molar-refractivity contribution in [2.75, 3.05) is 13.1 Å². The zero-order chi connectivity index (χ0) is 14.7. The van der Waals surface area contributed by atoms with Crippen LogP contribution in [0.15, 0.2) is 24.4 Å². The first-order valence-electron chi connectivity index (χ1n) is 7.74. The topological polar surface area (TPSA) is 46.8 Å². The maximum absolute atomic E-state index is 4.49. The Balaban J connectivity index is 1.59. The van der Waals surface area contributed by atoms with Gasteiger partial charge in [-0.3, -0.25) is 9.88 Å². The van der Waals surface area contributed by atoms with Gasteiger partial charge in [-0.05, 0) is 45.4 Å². The molecule has 1 atom stereocenters. The van der Waals surface area contributed by atoms with E-state index in [0.29, 0.717) is 6.04 Å². The van der Waals surface area contributed by atoms with Gasteiger partial charge in [0.15, 0.2) is 0 Å². The highest BCUT2D eigenvalue weighted by molar-refractivity contribution is 5.04. The number of nitrogens with zero attached hydrogens (tertiary/aromatic N) is 5. The molecule has 0 bridgehead atoms. The van der Waals surface area contributed by atoms with Crippen LogP contribution in [0.25, 0.3) is 0 Å². The van der Waals surface area contributed by atoms with E-state index in [0.717, 1.165) is 31.2 Å². The van der Waals surface area contributed by atoms with E-state index < -0.39 is 0 Å². The van der Waals surface area contributed by atoms with Gasteiger partial charge in [0.1, 0.15) is 11.6 Å². The fourth-order valence-corrected chi connectivity index (χ4v) is 3.13. The lowest BCUT2D eigenvalue weighted by molar-refractivity contribution is 0.227. The highest BCUT2D eigenvalue weighted by atomic mass is 15.4. The number of rotatable bonds is 5. The molecule has 0 aliphatic carbocycles. The van der Waals surface area contributed by atoms with Crippen LogP contribution in [0, 0.1) is 13.8 Å². The van der Waals surface area contributed by atoms with E-state index in [1.807, 2.05) is 26.1 Å². The Morgan fingerprint density at radius 1 is 1.29 bits per heavy atom. The highest BCUT2D eigenvalue weighted by Crippen LogP contribution is 2.19. The van der Waals surface area contributed by atoms with Gasteiger partial charge >= 0.3 is 0 Å². The molecule has 112 valence electrons. The first kappa shape index (κ1) is 14.2. The van der Waals surface area contributed by atoms with E-state index in [-0.39, 0.29) is 0 Å². The van der Waals surface area contributed by atoms with Crippen molar-refractivity contribution in [3.63, 3.8) is 0 Å². The van der Waals surface area contributed by atoms with E-state index in [2.05, 4.69) is 36.8 Å². The zero-order valence-electron chi connectivity index (χ0n) is 12.9. The summed E-state index contributed by atoms with van der Waals surface area (Å²) in [7, 11) is 0. The van der Waals surface area contributed by atoms with Crippen molar-refractivity contribution in [1.29, 1.82) is 0 Å². The van der Waals surface area contributed by atoms with Crippen LogP contribution in [-0.4, -0.2) is 43.8 Å². The Bertz CT molecular complexity index is 578. The minimum Gasteiger partial charge on any atom is -0.298 e. The molecule has 1 aliphatic heterocycles. The summed E-state index contributed by atoms with van der Waals surface area (Å²) in [6.07, 6.45) is 5.42. The summed E-state index contributed by atoms with van der Waals surface area (Å²) in [4.78, 5) is 11.4. The molecule has 3 rings (SSSR count). The average Bonchev–Trinajstić information content (AvgIpc) is 3.05. The predicted octanol–water partition coefficient (Wildman–Crippen LogP) is 2.00. The van der Waals surface area contributed by atoms with Crippen molar-refractivity contribution < 1.29 is 0 Å². The SMILES string of the molecule is Cc1nc(C)n(C[C@@H]2CCCN2CCc2ccccn2)n1. The molecule has 5 nitrogen and oxygen atoms in total. The Morgan fingerprint density at radius 3 is 2.90 bits per heavy atom. The summed E-state index contributed by atoms with van der Waals surface area (Å²) in [6, 6.07) is 6.72. The van der Waals surface area contributed by atoms with Gasteiger partial charge in [-0.1, -0.05) is 6.07 Å². The maximum atomic E-state index is 4.49. The molecule has 2 aromatic heterocycles. The third kappa shape index (κ3) is 3.47.